The summed E-state index contributed by atoms with van der Waals surface area (Å²) in [6.45, 7) is 3.42. The molecule has 1 aliphatic carbocycles. The van der Waals surface area contributed by atoms with Gasteiger partial charge in [0, 0.05) is 49.2 Å². The lowest BCUT2D eigenvalue weighted by molar-refractivity contribution is -0.123. The molecule has 5 rings (SSSR count). The van der Waals surface area contributed by atoms with Crippen LogP contribution in [0, 0.1) is 0 Å². The second-order valence-corrected chi connectivity index (χ2v) is 13.4. The lowest BCUT2D eigenvalue weighted by atomic mass is 10.0. The van der Waals surface area contributed by atoms with Crippen LogP contribution in [0.2, 0.25) is 0 Å². The van der Waals surface area contributed by atoms with Gasteiger partial charge in [0.15, 0.2) is 15.6 Å². The maximum absolute atomic E-state index is 13.5. The molecule has 2 aliphatic rings. The number of piperazine rings is 1. The molecule has 1 aliphatic heterocycles. The second-order valence-electron chi connectivity index (χ2n) is 10.2. The van der Waals surface area contributed by atoms with E-state index in [9.17, 15) is 18.0 Å². The Kier molecular flexibility index (Phi) is 7.45. The first-order valence-electron chi connectivity index (χ1n) is 12.6. The molecule has 1 saturated carbocycles. The van der Waals surface area contributed by atoms with Crippen molar-refractivity contribution in [2.45, 2.75) is 30.6 Å². The molecule has 0 bridgehead atoms. The first kappa shape index (κ1) is 26.6. The molecular formula is C27H31N5O4S2. The molecule has 3 aromatic rings. The van der Waals surface area contributed by atoms with Gasteiger partial charge in [0.2, 0.25) is 5.91 Å². The molecule has 2 heterocycles. The molecule has 0 atom stereocenters. The lowest BCUT2D eigenvalue weighted by Crippen LogP contribution is -2.54. The first-order valence-corrected chi connectivity index (χ1v) is 15.5. The zero-order valence-corrected chi connectivity index (χ0v) is 23.1. The predicted molar refractivity (Wildman–Crippen MR) is 148 cm³/mol. The van der Waals surface area contributed by atoms with Crippen LogP contribution in [0.1, 0.15) is 33.8 Å². The maximum Gasteiger partial charge on any atom is 0.244 e. The molecular weight excluding hydrogens is 522 g/mol. The van der Waals surface area contributed by atoms with E-state index in [1.807, 2.05) is 30.3 Å². The van der Waals surface area contributed by atoms with Crippen molar-refractivity contribution in [3.8, 4) is 10.6 Å². The van der Waals surface area contributed by atoms with Crippen molar-refractivity contribution in [2.24, 2.45) is 0 Å². The average Bonchev–Trinajstić information content (AvgIpc) is 3.57. The highest BCUT2D eigenvalue weighted by Gasteiger charge is 2.54. The molecule has 2 aromatic carbocycles. The number of anilines is 1. The summed E-state index contributed by atoms with van der Waals surface area (Å²) in [6.07, 6.45) is 2.76. The van der Waals surface area contributed by atoms with Crippen molar-refractivity contribution < 1.29 is 18.0 Å². The summed E-state index contributed by atoms with van der Waals surface area (Å²) in [7, 11) is -1.29. The first-order chi connectivity index (χ1) is 18.1. The van der Waals surface area contributed by atoms with E-state index in [1.54, 1.807) is 18.2 Å². The minimum atomic E-state index is -3.36. The molecule has 2 fully saturated rings. The number of likely N-dealkylation sites (N-methyl/N-ethyl adjacent to an activating group) is 1. The number of aromatic nitrogens is 2. The van der Waals surface area contributed by atoms with E-state index in [2.05, 4.69) is 32.4 Å². The number of benzene rings is 2. The molecule has 200 valence electrons. The fourth-order valence-corrected chi connectivity index (χ4v) is 6.48. The third-order valence-corrected chi connectivity index (χ3v) is 8.96. The number of amides is 1. The molecule has 0 unspecified atom stereocenters. The van der Waals surface area contributed by atoms with Gasteiger partial charge in [-0.2, -0.15) is 0 Å². The summed E-state index contributed by atoms with van der Waals surface area (Å²) in [4.78, 5) is 31.1. The van der Waals surface area contributed by atoms with Crippen LogP contribution in [-0.4, -0.2) is 85.1 Å². The van der Waals surface area contributed by atoms with E-state index in [1.165, 1.54) is 11.3 Å². The van der Waals surface area contributed by atoms with Crippen molar-refractivity contribution in [1.29, 1.82) is 0 Å². The monoisotopic (exact) mass is 553 g/mol. The lowest BCUT2D eigenvalue weighted by Gasteiger charge is -2.37. The van der Waals surface area contributed by atoms with Gasteiger partial charge in [-0.25, -0.2) is 8.42 Å². The third-order valence-electron chi connectivity index (χ3n) is 7.15. The zero-order chi connectivity index (χ0) is 26.9. The smallest absolute Gasteiger partial charge is 0.244 e. The molecule has 1 saturated heterocycles. The largest absolute Gasteiger partial charge is 0.324 e. The number of hydrogen-bond donors (Lipinski definition) is 1. The molecule has 1 N–H and O–H groups in total. The van der Waals surface area contributed by atoms with Gasteiger partial charge in [-0.1, -0.05) is 53.8 Å². The van der Waals surface area contributed by atoms with Crippen LogP contribution in [0.25, 0.3) is 10.6 Å². The maximum atomic E-state index is 13.5. The van der Waals surface area contributed by atoms with Gasteiger partial charge in [0.25, 0.3) is 0 Å². The Bertz CT molecular complexity index is 1440. The number of ketones is 1. The number of Topliss-reactive ketones (excluding diaryl/α,β-unsaturated/α-hetero) is 1. The SMILES string of the molecule is CN1CCN(C2(C(=O)Nc3cc(C(=O)Cc4nnc(-c5ccccc5)s4)ccc3CS(C)(=O)=O)CC2)CC1. The van der Waals surface area contributed by atoms with Gasteiger partial charge < -0.3 is 10.2 Å². The van der Waals surface area contributed by atoms with E-state index in [0.717, 1.165) is 55.8 Å². The zero-order valence-electron chi connectivity index (χ0n) is 21.5. The highest BCUT2D eigenvalue weighted by molar-refractivity contribution is 7.89. The fraction of sp³-hybridized carbons (Fsp3) is 0.407. The predicted octanol–water partition coefficient (Wildman–Crippen LogP) is 2.89. The summed E-state index contributed by atoms with van der Waals surface area (Å²) >= 11 is 1.36. The summed E-state index contributed by atoms with van der Waals surface area (Å²) in [6, 6.07) is 14.5. The van der Waals surface area contributed by atoms with E-state index in [0.29, 0.717) is 21.8 Å². The summed E-state index contributed by atoms with van der Waals surface area (Å²) in [5.74, 6) is -0.546. The van der Waals surface area contributed by atoms with Gasteiger partial charge in [-0.05, 0) is 31.5 Å². The Balaban J connectivity index is 1.35. The van der Waals surface area contributed by atoms with E-state index in [-0.39, 0.29) is 23.9 Å². The normalized spacial score (nSPS) is 17.7. The van der Waals surface area contributed by atoms with E-state index in [4.69, 9.17) is 0 Å². The minimum absolute atomic E-state index is 0.0640. The summed E-state index contributed by atoms with van der Waals surface area (Å²) in [5, 5.41) is 12.7. The Morgan fingerprint density at radius 1 is 1.03 bits per heavy atom. The highest BCUT2D eigenvalue weighted by Crippen LogP contribution is 2.43. The molecule has 1 aromatic heterocycles. The van der Waals surface area contributed by atoms with E-state index >= 15 is 0 Å². The fourth-order valence-electron chi connectivity index (χ4n) is 4.81. The van der Waals surface area contributed by atoms with Crippen LogP contribution >= 0.6 is 11.3 Å². The average molecular weight is 554 g/mol. The van der Waals surface area contributed by atoms with Crippen molar-refractivity contribution in [1.82, 2.24) is 20.0 Å². The van der Waals surface area contributed by atoms with Crippen LogP contribution in [0.3, 0.4) is 0 Å². The van der Waals surface area contributed by atoms with E-state index < -0.39 is 15.4 Å². The topological polar surface area (TPSA) is 113 Å². The Hall–Kier alpha value is -2.99. The molecule has 38 heavy (non-hydrogen) atoms. The molecule has 1 amide bonds. The number of carbonyl (C=O) groups excluding carboxylic acids is 2. The number of hydrogen-bond acceptors (Lipinski definition) is 9. The Morgan fingerprint density at radius 3 is 2.39 bits per heavy atom. The quantitative estimate of drug-likeness (QED) is 0.403. The standard InChI is InChI=1S/C27H31N5O4S2/c1-31-12-14-32(15-13-31)27(10-11-27)26(34)28-22-16-20(8-9-21(22)18-38(2,35)36)23(33)17-24-29-30-25(37-24)19-6-4-3-5-7-19/h3-9,16H,10-15,17-18H2,1-2H3,(H,28,34). The van der Waals surface area contributed by atoms with Gasteiger partial charge in [0.1, 0.15) is 15.6 Å². The highest BCUT2D eigenvalue weighted by atomic mass is 32.2. The third kappa shape index (κ3) is 6.01. The van der Waals surface area contributed by atoms with Crippen LogP contribution < -0.4 is 5.32 Å². The molecule has 0 spiro atoms. The molecule has 11 heteroatoms. The van der Waals surface area contributed by atoms with Crippen LogP contribution in [0.15, 0.2) is 48.5 Å². The van der Waals surface area contributed by atoms with Crippen molar-refractivity contribution in [3.63, 3.8) is 0 Å². The Morgan fingerprint density at radius 2 is 1.74 bits per heavy atom. The van der Waals surface area contributed by atoms with Crippen molar-refractivity contribution >= 4 is 38.6 Å². The van der Waals surface area contributed by atoms with Crippen LogP contribution in [0.4, 0.5) is 5.69 Å². The molecule has 0 radical (unpaired) electrons. The van der Waals surface area contributed by atoms with Crippen molar-refractivity contribution in [3.05, 3.63) is 64.7 Å². The number of rotatable bonds is 9. The second kappa shape index (κ2) is 10.6. The Labute approximate surface area is 226 Å². The van der Waals surface area contributed by atoms with Gasteiger partial charge in [-0.3, -0.25) is 14.5 Å². The van der Waals surface area contributed by atoms with Gasteiger partial charge in [-0.15, -0.1) is 10.2 Å². The number of carbonyl (C=O) groups is 2. The number of sulfone groups is 1. The van der Waals surface area contributed by atoms with Crippen LogP contribution in [-0.2, 0) is 26.8 Å². The number of nitrogens with one attached hydrogen (secondary N) is 1. The van der Waals surface area contributed by atoms with Gasteiger partial charge >= 0.3 is 0 Å². The molecule has 9 nitrogen and oxygen atoms in total. The van der Waals surface area contributed by atoms with Crippen molar-refractivity contribution in [2.75, 3.05) is 44.8 Å². The minimum Gasteiger partial charge on any atom is -0.324 e. The number of nitrogens with zero attached hydrogens (tertiary/aromatic N) is 4. The van der Waals surface area contributed by atoms with Gasteiger partial charge in [0.05, 0.1) is 12.2 Å². The summed E-state index contributed by atoms with van der Waals surface area (Å²) < 4.78 is 24.2. The summed E-state index contributed by atoms with van der Waals surface area (Å²) in [5.41, 5.74) is 1.60. The van der Waals surface area contributed by atoms with Crippen LogP contribution in [0.5, 0.6) is 0 Å².